The van der Waals surface area contributed by atoms with Gasteiger partial charge < -0.3 is 4.42 Å². The summed E-state index contributed by atoms with van der Waals surface area (Å²) in [6, 6.07) is 31.0. The van der Waals surface area contributed by atoms with E-state index in [-0.39, 0.29) is 0 Å². The van der Waals surface area contributed by atoms with Gasteiger partial charge in [0.1, 0.15) is 11.2 Å². The highest BCUT2D eigenvalue weighted by molar-refractivity contribution is 9.10. The van der Waals surface area contributed by atoms with E-state index < -0.39 is 0 Å². The number of hydrogen-bond acceptors (Lipinski definition) is 4. The van der Waals surface area contributed by atoms with Gasteiger partial charge in [0.05, 0.1) is 21.5 Å². The molecule has 0 radical (unpaired) electrons. The molecule has 0 atom stereocenters. The molecule has 0 spiro atoms. The lowest BCUT2D eigenvalue weighted by molar-refractivity contribution is 0.669. The Morgan fingerprint density at radius 3 is 2.45 bits per heavy atom. The Kier molecular flexibility index (Phi) is 4.16. The second-order valence-corrected chi connectivity index (χ2v) is 9.93. The van der Waals surface area contributed by atoms with Gasteiger partial charge >= 0.3 is 0 Å². The number of rotatable bonds is 2. The van der Waals surface area contributed by atoms with Gasteiger partial charge in [0, 0.05) is 30.9 Å². The van der Waals surface area contributed by atoms with Crippen LogP contribution in [0.25, 0.3) is 64.9 Å². The molecule has 0 aliphatic carbocycles. The van der Waals surface area contributed by atoms with E-state index in [2.05, 4.69) is 64.5 Å². The molecule has 3 nitrogen and oxygen atoms in total. The van der Waals surface area contributed by atoms with Gasteiger partial charge in [0.2, 0.25) is 0 Å². The first-order valence-electron chi connectivity index (χ1n) is 10.6. The maximum atomic E-state index is 6.30. The highest BCUT2D eigenvalue weighted by Crippen LogP contribution is 2.41. The SMILES string of the molecule is Brc1ccc2sc3c(-c4ccccc4)nc(-c4cccc5c4oc4ccccc45)nc3c2c1. The lowest BCUT2D eigenvalue weighted by Crippen LogP contribution is -1.93. The van der Waals surface area contributed by atoms with Gasteiger partial charge in [0.25, 0.3) is 0 Å². The fraction of sp³-hybridized carbons (Fsp3) is 0. The van der Waals surface area contributed by atoms with Crippen molar-refractivity contribution in [2.45, 2.75) is 0 Å². The minimum absolute atomic E-state index is 0.672. The van der Waals surface area contributed by atoms with E-state index in [1.165, 1.54) is 4.70 Å². The molecule has 0 unspecified atom stereocenters. The van der Waals surface area contributed by atoms with Gasteiger partial charge in [-0.25, -0.2) is 9.97 Å². The van der Waals surface area contributed by atoms with Crippen LogP contribution in [0.2, 0.25) is 0 Å². The van der Waals surface area contributed by atoms with Crippen molar-refractivity contribution in [3.8, 4) is 22.6 Å². The number of thiophene rings is 1. The number of para-hydroxylation sites is 2. The van der Waals surface area contributed by atoms with Crippen molar-refractivity contribution >= 4 is 69.5 Å². The third-order valence-corrected chi connectivity index (χ3v) is 7.63. The maximum absolute atomic E-state index is 6.30. The highest BCUT2D eigenvalue weighted by atomic mass is 79.9. The fourth-order valence-corrected chi connectivity index (χ4v) is 5.95. The zero-order chi connectivity index (χ0) is 21.9. The largest absolute Gasteiger partial charge is 0.455 e. The van der Waals surface area contributed by atoms with E-state index >= 15 is 0 Å². The summed E-state index contributed by atoms with van der Waals surface area (Å²) in [6.45, 7) is 0. The average molecular weight is 507 g/mol. The molecule has 0 aliphatic heterocycles. The number of hydrogen-bond donors (Lipinski definition) is 0. The first kappa shape index (κ1) is 19.0. The summed E-state index contributed by atoms with van der Waals surface area (Å²) in [5.41, 5.74) is 5.58. The molecule has 0 bridgehead atoms. The van der Waals surface area contributed by atoms with Gasteiger partial charge in [-0.1, -0.05) is 76.6 Å². The minimum Gasteiger partial charge on any atom is -0.455 e. The fourth-order valence-electron chi connectivity index (χ4n) is 4.45. The number of nitrogens with zero attached hydrogens (tertiary/aromatic N) is 2. The monoisotopic (exact) mass is 506 g/mol. The zero-order valence-electron chi connectivity index (χ0n) is 17.2. The molecule has 7 aromatic rings. The summed E-state index contributed by atoms with van der Waals surface area (Å²) in [5.74, 6) is 0.672. The first-order chi connectivity index (χ1) is 16.3. The van der Waals surface area contributed by atoms with E-state index in [4.69, 9.17) is 14.4 Å². The predicted molar refractivity (Wildman–Crippen MR) is 141 cm³/mol. The molecule has 3 heterocycles. The van der Waals surface area contributed by atoms with Crippen molar-refractivity contribution in [3.05, 3.63) is 95.5 Å². The van der Waals surface area contributed by atoms with E-state index in [1.807, 2.05) is 42.5 Å². The van der Waals surface area contributed by atoms with Crippen LogP contribution < -0.4 is 0 Å². The Hall–Kier alpha value is -3.54. The number of fused-ring (bicyclic) bond motifs is 6. The van der Waals surface area contributed by atoms with Crippen molar-refractivity contribution in [1.29, 1.82) is 0 Å². The van der Waals surface area contributed by atoms with Crippen LogP contribution in [-0.2, 0) is 0 Å². The van der Waals surface area contributed by atoms with Gasteiger partial charge in [-0.3, -0.25) is 0 Å². The van der Waals surface area contributed by atoms with E-state index in [1.54, 1.807) is 11.3 Å². The smallest absolute Gasteiger partial charge is 0.164 e. The van der Waals surface area contributed by atoms with Crippen molar-refractivity contribution in [1.82, 2.24) is 9.97 Å². The van der Waals surface area contributed by atoms with Crippen molar-refractivity contribution in [3.63, 3.8) is 0 Å². The summed E-state index contributed by atoms with van der Waals surface area (Å²) in [7, 11) is 0. The van der Waals surface area contributed by atoms with Crippen LogP contribution in [0.3, 0.4) is 0 Å². The molecule has 0 fully saturated rings. The summed E-state index contributed by atoms with van der Waals surface area (Å²) in [5, 5.41) is 3.30. The second-order valence-electron chi connectivity index (χ2n) is 7.96. The van der Waals surface area contributed by atoms with Crippen molar-refractivity contribution in [2.24, 2.45) is 0 Å². The lowest BCUT2D eigenvalue weighted by atomic mass is 10.1. The van der Waals surface area contributed by atoms with Crippen LogP contribution in [0.1, 0.15) is 0 Å². The molecule has 7 rings (SSSR count). The standard InChI is InChI=1S/C28H15BrN2OS/c29-17-13-14-23-21(15-17)25-27(33-23)24(16-7-2-1-3-8-16)30-28(31-25)20-11-6-10-19-18-9-4-5-12-22(18)32-26(19)20/h1-15H. The molecule has 0 saturated heterocycles. The molecule has 5 heteroatoms. The van der Waals surface area contributed by atoms with Gasteiger partial charge in [-0.2, -0.15) is 0 Å². The summed E-state index contributed by atoms with van der Waals surface area (Å²) < 4.78 is 9.62. The Morgan fingerprint density at radius 1 is 0.727 bits per heavy atom. The van der Waals surface area contributed by atoms with Crippen LogP contribution in [0.4, 0.5) is 0 Å². The Bertz CT molecular complexity index is 1840. The van der Waals surface area contributed by atoms with E-state index in [9.17, 15) is 0 Å². The highest BCUT2D eigenvalue weighted by Gasteiger charge is 2.19. The Labute approximate surface area is 201 Å². The molecule has 0 amide bonds. The van der Waals surface area contributed by atoms with Crippen LogP contribution >= 0.6 is 27.3 Å². The third-order valence-electron chi connectivity index (χ3n) is 5.97. The summed E-state index contributed by atoms with van der Waals surface area (Å²) in [4.78, 5) is 10.2. The predicted octanol–water partition coefficient (Wildman–Crippen LogP) is 8.84. The van der Waals surface area contributed by atoms with E-state index in [0.29, 0.717) is 5.82 Å². The molecule has 33 heavy (non-hydrogen) atoms. The molecular formula is C28H15BrN2OS. The summed E-state index contributed by atoms with van der Waals surface area (Å²) in [6.07, 6.45) is 0. The topological polar surface area (TPSA) is 38.9 Å². The Morgan fingerprint density at radius 2 is 1.55 bits per heavy atom. The van der Waals surface area contributed by atoms with Gasteiger partial charge in [0.15, 0.2) is 5.82 Å². The second kappa shape index (κ2) is 7.24. The number of furan rings is 1. The van der Waals surface area contributed by atoms with Crippen LogP contribution in [-0.4, -0.2) is 9.97 Å². The summed E-state index contributed by atoms with van der Waals surface area (Å²) >= 11 is 5.36. The molecule has 156 valence electrons. The molecule has 3 aromatic heterocycles. The van der Waals surface area contributed by atoms with Crippen LogP contribution in [0.15, 0.2) is 99.9 Å². The zero-order valence-corrected chi connectivity index (χ0v) is 19.7. The van der Waals surface area contributed by atoms with Crippen LogP contribution in [0.5, 0.6) is 0 Å². The molecule has 0 aliphatic rings. The third kappa shape index (κ3) is 2.93. The lowest BCUT2D eigenvalue weighted by Gasteiger charge is -2.07. The van der Waals surface area contributed by atoms with Crippen molar-refractivity contribution < 1.29 is 4.42 Å². The van der Waals surface area contributed by atoms with Crippen molar-refractivity contribution in [2.75, 3.05) is 0 Å². The van der Waals surface area contributed by atoms with Gasteiger partial charge in [-0.15, -0.1) is 11.3 Å². The minimum atomic E-state index is 0.672. The number of halogens is 1. The quantitative estimate of drug-likeness (QED) is 0.235. The number of benzene rings is 4. The van der Waals surface area contributed by atoms with Crippen LogP contribution in [0, 0.1) is 0 Å². The number of aromatic nitrogens is 2. The van der Waals surface area contributed by atoms with Gasteiger partial charge in [-0.05, 0) is 30.3 Å². The molecule has 0 N–H and O–H groups in total. The maximum Gasteiger partial charge on any atom is 0.164 e. The van der Waals surface area contributed by atoms with E-state index in [0.717, 1.165) is 58.8 Å². The molecule has 0 saturated carbocycles. The first-order valence-corrected chi connectivity index (χ1v) is 12.2. The normalized spacial score (nSPS) is 11.8. The molecule has 4 aromatic carbocycles. The molecular weight excluding hydrogens is 492 g/mol. The average Bonchev–Trinajstić information content (AvgIpc) is 3.42. The Balaban J connectivity index is 1.61.